The van der Waals surface area contributed by atoms with E-state index in [1.807, 2.05) is 24.4 Å². The van der Waals surface area contributed by atoms with Gasteiger partial charge in [0, 0.05) is 48.1 Å². The summed E-state index contributed by atoms with van der Waals surface area (Å²) in [5, 5.41) is 14.1. The molecule has 0 aliphatic carbocycles. The van der Waals surface area contributed by atoms with Gasteiger partial charge in [-0.2, -0.15) is 0 Å². The number of aromatic nitrogens is 3. The zero-order valence-corrected chi connectivity index (χ0v) is 17.6. The van der Waals surface area contributed by atoms with Crippen LogP contribution in [0, 0.1) is 5.92 Å². The largest absolute Gasteiger partial charge is 0.361 e. The van der Waals surface area contributed by atoms with Crippen LogP contribution < -0.4 is 5.32 Å². The Kier molecular flexibility index (Phi) is 5.82. The lowest BCUT2D eigenvalue weighted by atomic mass is 10.1. The first kappa shape index (κ1) is 19.8. The van der Waals surface area contributed by atoms with Crippen LogP contribution in [0.4, 0.5) is 5.13 Å². The Hall–Kier alpha value is -2.45. The van der Waals surface area contributed by atoms with Crippen LogP contribution in [0.3, 0.4) is 0 Å². The lowest BCUT2D eigenvalue weighted by Gasteiger charge is -2.16. The first-order chi connectivity index (χ1) is 14.0. The molecule has 1 aliphatic rings. The Bertz CT molecular complexity index is 1050. The number of carbonyl (C=O) groups is 2. The molecule has 29 heavy (non-hydrogen) atoms. The summed E-state index contributed by atoms with van der Waals surface area (Å²) in [5.41, 5.74) is 2.13. The van der Waals surface area contributed by atoms with Crippen molar-refractivity contribution in [2.45, 2.75) is 32.6 Å². The van der Waals surface area contributed by atoms with Crippen LogP contribution >= 0.6 is 22.9 Å². The molecule has 4 rings (SSSR count). The molecule has 0 saturated carbocycles. The molecule has 1 fully saturated rings. The summed E-state index contributed by atoms with van der Waals surface area (Å²) in [6.07, 6.45) is 4.72. The molecule has 1 atom stereocenters. The maximum absolute atomic E-state index is 12.5. The van der Waals surface area contributed by atoms with Gasteiger partial charge in [0.2, 0.25) is 16.9 Å². The molecule has 2 amide bonds. The molecule has 9 heteroatoms. The van der Waals surface area contributed by atoms with Crippen molar-refractivity contribution < 1.29 is 9.59 Å². The fourth-order valence-electron chi connectivity index (χ4n) is 3.60. The number of benzene rings is 1. The molecule has 7 nitrogen and oxygen atoms in total. The number of aryl methyl sites for hydroxylation is 1. The quantitative estimate of drug-likeness (QED) is 0.597. The summed E-state index contributed by atoms with van der Waals surface area (Å²) >= 11 is 7.50. The lowest BCUT2D eigenvalue weighted by molar-refractivity contribution is -0.128. The van der Waals surface area contributed by atoms with Crippen LogP contribution in [0.2, 0.25) is 5.02 Å². The molecule has 0 bridgehead atoms. The normalized spacial score (nSPS) is 16.7. The number of nitrogens with zero attached hydrogens (tertiary/aromatic N) is 3. The van der Waals surface area contributed by atoms with Gasteiger partial charge in [-0.3, -0.25) is 9.59 Å². The Morgan fingerprint density at radius 2 is 2.24 bits per heavy atom. The van der Waals surface area contributed by atoms with Gasteiger partial charge in [0.15, 0.2) is 0 Å². The number of rotatable bonds is 7. The van der Waals surface area contributed by atoms with E-state index < -0.39 is 0 Å². The summed E-state index contributed by atoms with van der Waals surface area (Å²) in [6, 6.07) is 5.72. The molecule has 2 N–H and O–H groups in total. The summed E-state index contributed by atoms with van der Waals surface area (Å²) in [4.78, 5) is 29.9. The van der Waals surface area contributed by atoms with Gasteiger partial charge in [-0.15, -0.1) is 10.2 Å². The monoisotopic (exact) mass is 431 g/mol. The van der Waals surface area contributed by atoms with Crippen LogP contribution in [0.15, 0.2) is 24.4 Å². The molecule has 3 aromatic rings. The summed E-state index contributed by atoms with van der Waals surface area (Å²) in [6.45, 7) is 3.07. The average Bonchev–Trinajstić information content (AvgIpc) is 3.39. The van der Waals surface area contributed by atoms with E-state index >= 15 is 0 Å². The fraction of sp³-hybridized carbons (Fsp3) is 0.400. The van der Waals surface area contributed by atoms with Crippen molar-refractivity contribution in [3.63, 3.8) is 0 Å². The third-order valence-corrected chi connectivity index (χ3v) is 6.26. The number of likely N-dealkylation sites (tertiary alicyclic amines) is 1. The van der Waals surface area contributed by atoms with E-state index in [4.69, 9.17) is 11.6 Å². The van der Waals surface area contributed by atoms with E-state index in [-0.39, 0.29) is 24.2 Å². The number of amides is 2. The number of hydrogen-bond acceptors (Lipinski definition) is 5. The van der Waals surface area contributed by atoms with Crippen molar-refractivity contribution in [3.05, 3.63) is 40.0 Å². The third-order valence-electron chi connectivity index (χ3n) is 5.13. The van der Waals surface area contributed by atoms with Gasteiger partial charge < -0.3 is 15.2 Å². The van der Waals surface area contributed by atoms with Crippen LogP contribution in [0.5, 0.6) is 0 Å². The maximum Gasteiger partial charge on any atom is 0.231 e. The van der Waals surface area contributed by atoms with Crippen LogP contribution in [-0.4, -0.2) is 45.0 Å². The summed E-state index contributed by atoms with van der Waals surface area (Å²) in [7, 11) is 0. The molecule has 0 spiro atoms. The van der Waals surface area contributed by atoms with Gasteiger partial charge in [-0.05, 0) is 36.6 Å². The lowest BCUT2D eigenvalue weighted by Crippen LogP contribution is -2.30. The van der Waals surface area contributed by atoms with Crippen molar-refractivity contribution in [1.29, 1.82) is 0 Å². The van der Waals surface area contributed by atoms with Crippen molar-refractivity contribution in [2.24, 2.45) is 5.92 Å². The Morgan fingerprint density at radius 3 is 3.07 bits per heavy atom. The van der Waals surface area contributed by atoms with E-state index in [1.165, 1.54) is 11.3 Å². The van der Waals surface area contributed by atoms with E-state index in [0.717, 1.165) is 34.3 Å². The molecule has 1 aromatic carbocycles. The predicted molar refractivity (Wildman–Crippen MR) is 114 cm³/mol. The van der Waals surface area contributed by atoms with E-state index in [0.29, 0.717) is 29.7 Å². The van der Waals surface area contributed by atoms with Gasteiger partial charge in [0.25, 0.3) is 0 Å². The first-order valence-corrected chi connectivity index (χ1v) is 10.9. The van der Waals surface area contributed by atoms with Gasteiger partial charge in [-0.1, -0.05) is 29.9 Å². The second-order valence-electron chi connectivity index (χ2n) is 7.23. The smallest absolute Gasteiger partial charge is 0.231 e. The predicted octanol–water partition coefficient (Wildman–Crippen LogP) is 3.66. The highest BCUT2D eigenvalue weighted by Crippen LogP contribution is 2.25. The minimum atomic E-state index is -0.363. The molecule has 0 radical (unpaired) electrons. The van der Waals surface area contributed by atoms with E-state index in [1.54, 1.807) is 4.90 Å². The number of hydrogen-bond donors (Lipinski definition) is 2. The van der Waals surface area contributed by atoms with Crippen molar-refractivity contribution in [3.8, 4) is 0 Å². The van der Waals surface area contributed by atoms with Crippen molar-refractivity contribution >= 4 is 50.8 Å². The first-order valence-electron chi connectivity index (χ1n) is 9.70. The molecular weight excluding hydrogens is 410 g/mol. The van der Waals surface area contributed by atoms with Gasteiger partial charge in [-0.25, -0.2) is 0 Å². The maximum atomic E-state index is 12.5. The van der Waals surface area contributed by atoms with Crippen LogP contribution in [0.25, 0.3) is 10.9 Å². The second kappa shape index (κ2) is 8.51. The summed E-state index contributed by atoms with van der Waals surface area (Å²) < 4.78 is 0. The standard InChI is InChI=1S/C20H22ClN5O2S/c1-2-3-17-24-25-20(29-17)23-19(28)13-8-18(27)26(11-13)7-6-12-10-22-16-5-4-14(21)9-15(12)16/h4-5,9-10,13,22H,2-3,6-8,11H2,1H3,(H,23,25,28)/t13-/m1/s1. The summed E-state index contributed by atoms with van der Waals surface area (Å²) in [5.74, 6) is -0.524. The minimum absolute atomic E-state index is 0.00644. The van der Waals surface area contributed by atoms with E-state index in [9.17, 15) is 9.59 Å². The fourth-order valence-corrected chi connectivity index (χ4v) is 4.62. The van der Waals surface area contributed by atoms with Crippen molar-refractivity contribution in [1.82, 2.24) is 20.1 Å². The highest BCUT2D eigenvalue weighted by atomic mass is 35.5. The zero-order valence-electron chi connectivity index (χ0n) is 16.1. The third kappa shape index (κ3) is 4.43. The number of H-pyrrole nitrogens is 1. The van der Waals surface area contributed by atoms with Crippen molar-refractivity contribution in [2.75, 3.05) is 18.4 Å². The van der Waals surface area contributed by atoms with Gasteiger partial charge in [0.05, 0.1) is 5.92 Å². The molecular formula is C20H22ClN5O2S. The number of halogens is 1. The number of aromatic amines is 1. The molecule has 152 valence electrons. The van der Waals surface area contributed by atoms with Gasteiger partial charge >= 0.3 is 0 Å². The Morgan fingerprint density at radius 1 is 1.38 bits per heavy atom. The number of anilines is 1. The van der Waals surface area contributed by atoms with Gasteiger partial charge in [0.1, 0.15) is 5.01 Å². The molecule has 3 heterocycles. The number of carbonyl (C=O) groups excluding carboxylic acids is 2. The highest BCUT2D eigenvalue weighted by molar-refractivity contribution is 7.15. The minimum Gasteiger partial charge on any atom is -0.361 e. The molecule has 1 saturated heterocycles. The average molecular weight is 432 g/mol. The Balaban J connectivity index is 1.34. The zero-order chi connectivity index (χ0) is 20.4. The molecule has 1 aliphatic heterocycles. The number of fused-ring (bicyclic) bond motifs is 1. The Labute approximate surface area is 177 Å². The highest BCUT2D eigenvalue weighted by Gasteiger charge is 2.34. The second-order valence-corrected chi connectivity index (χ2v) is 8.73. The van der Waals surface area contributed by atoms with Crippen LogP contribution in [-0.2, 0) is 22.4 Å². The SMILES string of the molecule is CCCc1nnc(NC(=O)[C@@H]2CC(=O)N(CCc3c[nH]c4ccc(Cl)cc34)C2)s1. The number of nitrogens with one attached hydrogen (secondary N) is 2. The molecule has 2 aromatic heterocycles. The van der Waals surface area contributed by atoms with E-state index in [2.05, 4.69) is 27.4 Å². The topological polar surface area (TPSA) is 91.0 Å². The van der Waals surface area contributed by atoms with Crippen LogP contribution in [0.1, 0.15) is 30.3 Å². The molecule has 0 unspecified atom stereocenters.